The maximum atomic E-state index is 11.7. The number of nitrogens with one attached hydrogen (secondary N) is 1. The molecule has 0 atom stereocenters. The Kier molecular flexibility index (Phi) is 28.1. The van der Waals surface area contributed by atoms with E-state index in [0.717, 1.165) is 12.8 Å². The van der Waals surface area contributed by atoms with Crippen molar-refractivity contribution in [3.05, 3.63) is 0 Å². The minimum Gasteiger partial charge on any atom is -0.550 e. The molecule has 0 aromatic rings. The normalized spacial score (nSPS) is 11.4. The number of aliphatic carboxylic acids is 1. The number of rotatable bonds is 25. The molecule has 0 saturated carbocycles. The van der Waals surface area contributed by atoms with Gasteiger partial charge in [-0.3, -0.25) is 0 Å². The number of carboxylic acid groups (broad SMARTS) is 1. The second kappa shape index (κ2) is 26.0. The first-order valence-corrected chi connectivity index (χ1v) is 14.8. The van der Waals surface area contributed by atoms with Crippen molar-refractivity contribution in [3.63, 3.8) is 0 Å². The summed E-state index contributed by atoms with van der Waals surface area (Å²) in [5.74, 6) is -1.15. The van der Waals surface area contributed by atoms with Crippen molar-refractivity contribution in [2.75, 3.05) is 12.3 Å². The molecule has 0 aliphatic heterocycles. The predicted octanol–water partition coefficient (Wildman–Crippen LogP) is 2.87. The Morgan fingerprint density at radius 1 is 0.625 bits per heavy atom. The van der Waals surface area contributed by atoms with Crippen molar-refractivity contribution < 1.29 is 47.9 Å². The molecule has 0 rings (SSSR count). The van der Waals surface area contributed by atoms with Crippen LogP contribution in [0, 0.1) is 0 Å². The fourth-order valence-electron chi connectivity index (χ4n) is 3.93. The van der Waals surface area contributed by atoms with E-state index in [4.69, 9.17) is 0 Å². The fraction of sp³-hybridized carbons (Fsp3) is 0.960. The SMILES string of the molecule is CCCCCCCCCCCCCCCCCCCCCCS(=O)(=O)NCCC(=O)[O-].[Na+]. The van der Waals surface area contributed by atoms with Gasteiger partial charge in [-0.05, 0) is 6.42 Å². The Balaban J connectivity index is 0. The largest absolute Gasteiger partial charge is 1.00 e. The van der Waals surface area contributed by atoms with E-state index in [0.29, 0.717) is 6.42 Å². The number of hydrogen-bond acceptors (Lipinski definition) is 4. The first kappa shape index (κ1) is 34.5. The van der Waals surface area contributed by atoms with Crippen molar-refractivity contribution in [1.82, 2.24) is 4.72 Å². The van der Waals surface area contributed by atoms with Gasteiger partial charge in [-0.2, -0.15) is 0 Å². The molecule has 0 aromatic carbocycles. The average molecular weight is 484 g/mol. The molecular weight excluding hydrogens is 433 g/mol. The quantitative estimate of drug-likeness (QED) is 0.160. The zero-order valence-electron chi connectivity index (χ0n) is 21.3. The van der Waals surface area contributed by atoms with Crippen LogP contribution in [0.1, 0.15) is 142 Å². The van der Waals surface area contributed by atoms with Crippen LogP contribution in [0.5, 0.6) is 0 Å². The van der Waals surface area contributed by atoms with Crippen LogP contribution < -0.4 is 39.4 Å². The van der Waals surface area contributed by atoms with Crippen molar-refractivity contribution in [3.8, 4) is 0 Å². The predicted molar refractivity (Wildman–Crippen MR) is 129 cm³/mol. The molecule has 0 aromatic heterocycles. The molecule has 0 amide bonds. The summed E-state index contributed by atoms with van der Waals surface area (Å²) in [6.07, 6.45) is 25.6. The van der Waals surface area contributed by atoms with E-state index in [9.17, 15) is 18.3 Å². The van der Waals surface area contributed by atoms with Crippen LogP contribution >= 0.6 is 0 Å². The second-order valence-corrected chi connectivity index (χ2v) is 11.0. The van der Waals surface area contributed by atoms with E-state index in [2.05, 4.69) is 11.6 Å². The molecule has 0 saturated heterocycles. The number of hydrogen-bond donors (Lipinski definition) is 1. The van der Waals surface area contributed by atoms with Gasteiger partial charge in [-0.15, -0.1) is 0 Å². The second-order valence-electron chi connectivity index (χ2n) is 9.05. The van der Waals surface area contributed by atoms with Gasteiger partial charge in [-0.1, -0.05) is 129 Å². The van der Waals surface area contributed by atoms with E-state index in [1.54, 1.807) is 0 Å². The molecule has 186 valence electrons. The molecule has 32 heavy (non-hydrogen) atoms. The number of carbonyl (C=O) groups excluding carboxylic acids is 1. The third-order valence-electron chi connectivity index (χ3n) is 5.92. The summed E-state index contributed by atoms with van der Waals surface area (Å²) in [7, 11) is -3.34. The van der Waals surface area contributed by atoms with E-state index in [1.807, 2.05) is 0 Å². The Labute approximate surface area is 221 Å². The Bertz CT molecular complexity index is 500. The number of unbranched alkanes of at least 4 members (excludes halogenated alkanes) is 19. The van der Waals surface area contributed by atoms with E-state index in [-0.39, 0.29) is 48.3 Å². The monoisotopic (exact) mass is 483 g/mol. The molecule has 0 radical (unpaired) electrons. The van der Waals surface area contributed by atoms with Crippen molar-refractivity contribution >= 4 is 16.0 Å². The molecule has 0 aliphatic carbocycles. The van der Waals surface area contributed by atoms with Crippen LogP contribution in [-0.4, -0.2) is 26.7 Å². The standard InChI is InChI=1S/C25H51NO4S.Na/c1-2-3-4-5-6-7-8-9-10-11-12-13-14-15-16-17-18-19-20-21-24-31(29,30)26-23-22-25(27)28;/h26H,2-24H2,1H3,(H,27,28);/q;+1/p-1. The van der Waals surface area contributed by atoms with E-state index in [1.165, 1.54) is 109 Å². The fourth-order valence-corrected chi connectivity index (χ4v) is 5.07. The summed E-state index contributed by atoms with van der Waals surface area (Å²) >= 11 is 0. The number of carboxylic acids is 1. The van der Waals surface area contributed by atoms with Gasteiger partial charge in [-0.25, -0.2) is 13.1 Å². The minimum atomic E-state index is -3.34. The van der Waals surface area contributed by atoms with Crippen LogP contribution in [0.4, 0.5) is 0 Å². The van der Waals surface area contributed by atoms with Crippen LogP contribution in [0.2, 0.25) is 0 Å². The van der Waals surface area contributed by atoms with Crippen molar-refractivity contribution in [1.29, 1.82) is 0 Å². The van der Waals surface area contributed by atoms with Crippen LogP contribution in [0.25, 0.3) is 0 Å². The molecule has 0 unspecified atom stereocenters. The number of carbonyl (C=O) groups is 1. The average Bonchev–Trinajstić information content (AvgIpc) is 2.72. The molecule has 0 heterocycles. The molecule has 0 aliphatic rings. The summed E-state index contributed by atoms with van der Waals surface area (Å²) in [6.45, 7) is 2.19. The molecule has 0 spiro atoms. The summed E-state index contributed by atoms with van der Waals surface area (Å²) < 4.78 is 25.7. The first-order valence-electron chi connectivity index (χ1n) is 13.1. The molecule has 5 nitrogen and oxygen atoms in total. The molecule has 0 bridgehead atoms. The minimum absolute atomic E-state index is 0. The van der Waals surface area contributed by atoms with Gasteiger partial charge in [0.05, 0.1) is 5.75 Å². The Morgan fingerprint density at radius 3 is 1.25 bits per heavy atom. The zero-order valence-corrected chi connectivity index (χ0v) is 24.1. The third kappa shape index (κ3) is 28.4. The Hall–Kier alpha value is 0.380. The van der Waals surface area contributed by atoms with E-state index >= 15 is 0 Å². The van der Waals surface area contributed by atoms with Gasteiger partial charge < -0.3 is 9.90 Å². The molecule has 7 heteroatoms. The number of sulfonamides is 1. The van der Waals surface area contributed by atoms with Crippen LogP contribution in [-0.2, 0) is 14.8 Å². The zero-order chi connectivity index (χ0) is 23.0. The molecular formula is C25H50NNaO4S. The van der Waals surface area contributed by atoms with Gasteiger partial charge in [0.2, 0.25) is 10.0 Å². The topological polar surface area (TPSA) is 86.3 Å². The van der Waals surface area contributed by atoms with Gasteiger partial charge in [0.15, 0.2) is 0 Å². The maximum absolute atomic E-state index is 11.7. The van der Waals surface area contributed by atoms with Gasteiger partial charge in [0.1, 0.15) is 0 Å². The summed E-state index contributed by atoms with van der Waals surface area (Å²) in [6, 6.07) is 0. The third-order valence-corrected chi connectivity index (χ3v) is 7.39. The summed E-state index contributed by atoms with van der Waals surface area (Å²) in [5.41, 5.74) is 0. The molecule has 0 fully saturated rings. The maximum Gasteiger partial charge on any atom is 1.00 e. The van der Waals surface area contributed by atoms with Gasteiger partial charge >= 0.3 is 29.6 Å². The molecule has 1 N–H and O–H groups in total. The van der Waals surface area contributed by atoms with Crippen molar-refractivity contribution in [2.24, 2.45) is 0 Å². The van der Waals surface area contributed by atoms with Gasteiger partial charge in [0, 0.05) is 18.9 Å². The van der Waals surface area contributed by atoms with Gasteiger partial charge in [0.25, 0.3) is 0 Å². The smallest absolute Gasteiger partial charge is 0.550 e. The Morgan fingerprint density at radius 2 is 0.938 bits per heavy atom. The van der Waals surface area contributed by atoms with Crippen molar-refractivity contribution in [2.45, 2.75) is 142 Å². The van der Waals surface area contributed by atoms with Crippen LogP contribution in [0.3, 0.4) is 0 Å². The van der Waals surface area contributed by atoms with E-state index < -0.39 is 16.0 Å². The summed E-state index contributed by atoms with van der Waals surface area (Å²) in [5, 5.41) is 10.3. The summed E-state index contributed by atoms with van der Waals surface area (Å²) in [4.78, 5) is 10.3. The van der Waals surface area contributed by atoms with Crippen LogP contribution in [0.15, 0.2) is 0 Å². The first-order chi connectivity index (χ1) is 15.0.